The molecule has 0 saturated carbocycles. The number of para-hydroxylation sites is 1. The van der Waals surface area contributed by atoms with Crippen LogP contribution in [-0.2, 0) is 11.2 Å². The van der Waals surface area contributed by atoms with Crippen molar-refractivity contribution in [3.63, 3.8) is 0 Å². The third kappa shape index (κ3) is 3.75. The second-order valence-corrected chi connectivity index (χ2v) is 5.02. The molecule has 0 aliphatic rings. The summed E-state index contributed by atoms with van der Waals surface area (Å²) in [6.45, 7) is 3.89. The molecule has 1 amide bonds. The molecule has 0 bridgehead atoms. The number of amides is 1. The van der Waals surface area contributed by atoms with Crippen LogP contribution >= 0.6 is 11.3 Å². The minimum Gasteiger partial charge on any atom is -0.483 e. The third-order valence-corrected chi connectivity index (χ3v) is 3.45. The summed E-state index contributed by atoms with van der Waals surface area (Å²) in [6, 6.07) is 7.57. The van der Waals surface area contributed by atoms with E-state index in [0.717, 1.165) is 17.0 Å². The average molecular weight is 277 g/mol. The summed E-state index contributed by atoms with van der Waals surface area (Å²) in [5.41, 5.74) is 1.000. The molecule has 0 radical (unpaired) electrons. The first-order valence-electron chi connectivity index (χ1n) is 5.99. The first kappa shape index (κ1) is 13.5. The Bertz CT molecular complexity index is 569. The van der Waals surface area contributed by atoms with Crippen LogP contribution in [0, 0.1) is 6.92 Å². The van der Waals surface area contributed by atoms with Gasteiger partial charge in [0.2, 0.25) is 5.13 Å². The molecule has 1 heterocycles. The first-order chi connectivity index (χ1) is 9.19. The predicted octanol–water partition coefficient (Wildman–Crippen LogP) is 2.43. The van der Waals surface area contributed by atoms with Crippen molar-refractivity contribution in [1.82, 2.24) is 10.2 Å². The van der Waals surface area contributed by atoms with E-state index in [2.05, 4.69) is 15.5 Å². The molecule has 5 nitrogen and oxygen atoms in total. The molecule has 1 N–H and O–H groups in total. The van der Waals surface area contributed by atoms with E-state index in [-0.39, 0.29) is 12.5 Å². The maximum atomic E-state index is 11.7. The van der Waals surface area contributed by atoms with E-state index in [0.29, 0.717) is 10.9 Å². The topological polar surface area (TPSA) is 64.1 Å². The quantitative estimate of drug-likeness (QED) is 0.911. The number of aromatic nitrogens is 2. The van der Waals surface area contributed by atoms with Crippen molar-refractivity contribution in [3.8, 4) is 5.75 Å². The zero-order valence-electron chi connectivity index (χ0n) is 10.8. The minimum absolute atomic E-state index is 0.0358. The molecule has 1 aromatic heterocycles. The summed E-state index contributed by atoms with van der Waals surface area (Å²) in [5, 5.41) is 11.9. The van der Waals surface area contributed by atoms with Crippen molar-refractivity contribution in [2.24, 2.45) is 0 Å². The molecule has 1 aromatic carbocycles. The van der Waals surface area contributed by atoms with E-state index in [4.69, 9.17) is 4.74 Å². The largest absolute Gasteiger partial charge is 0.483 e. The molecular weight excluding hydrogens is 262 g/mol. The fourth-order valence-electron chi connectivity index (χ4n) is 1.46. The summed E-state index contributed by atoms with van der Waals surface area (Å²) in [4.78, 5) is 11.7. The Morgan fingerprint density at radius 2 is 2.16 bits per heavy atom. The van der Waals surface area contributed by atoms with Gasteiger partial charge in [-0.3, -0.25) is 10.1 Å². The Kier molecular flexibility index (Phi) is 4.46. The van der Waals surface area contributed by atoms with Gasteiger partial charge in [-0.05, 0) is 25.0 Å². The molecule has 0 spiro atoms. The molecule has 0 atom stereocenters. The van der Waals surface area contributed by atoms with Crippen LogP contribution in [0.25, 0.3) is 0 Å². The minimum atomic E-state index is -0.234. The van der Waals surface area contributed by atoms with E-state index in [9.17, 15) is 4.79 Å². The molecule has 19 heavy (non-hydrogen) atoms. The molecular formula is C13H15N3O2S. The maximum Gasteiger partial charge on any atom is 0.264 e. The van der Waals surface area contributed by atoms with Gasteiger partial charge in [-0.1, -0.05) is 36.5 Å². The number of hydrogen-bond donors (Lipinski definition) is 1. The van der Waals surface area contributed by atoms with Crippen LogP contribution in [0.5, 0.6) is 5.75 Å². The van der Waals surface area contributed by atoms with Crippen molar-refractivity contribution >= 4 is 22.4 Å². The second kappa shape index (κ2) is 6.29. The second-order valence-electron chi connectivity index (χ2n) is 3.96. The highest BCUT2D eigenvalue weighted by Crippen LogP contribution is 2.17. The SMILES string of the molecule is CCc1nnc(NC(=O)COc2ccccc2C)s1. The van der Waals surface area contributed by atoms with Gasteiger partial charge in [0.25, 0.3) is 5.91 Å². The molecule has 2 aromatic rings. The van der Waals surface area contributed by atoms with E-state index in [1.54, 1.807) is 0 Å². The van der Waals surface area contributed by atoms with Crippen molar-refractivity contribution < 1.29 is 9.53 Å². The average Bonchev–Trinajstić information content (AvgIpc) is 2.85. The van der Waals surface area contributed by atoms with Crippen LogP contribution in [0.2, 0.25) is 0 Å². The van der Waals surface area contributed by atoms with Gasteiger partial charge >= 0.3 is 0 Å². The van der Waals surface area contributed by atoms with Crippen molar-refractivity contribution in [2.75, 3.05) is 11.9 Å². The molecule has 0 fully saturated rings. The van der Waals surface area contributed by atoms with Gasteiger partial charge in [0, 0.05) is 0 Å². The van der Waals surface area contributed by atoms with Crippen molar-refractivity contribution in [3.05, 3.63) is 34.8 Å². The van der Waals surface area contributed by atoms with Crippen molar-refractivity contribution in [2.45, 2.75) is 20.3 Å². The molecule has 6 heteroatoms. The van der Waals surface area contributed by atoms with Crippen LogP contribution < -0.4 is 10.1 Å². The number of carbonyl (C=O) groups excluding carboxylic acids is 1. The number of aryl methyl sites for hydroxylation is 2. The highest BCUT2D eigenvalue weighted by molar-refractivity contribution is 7.15. The predicted molar refractivity (Wildman–Crippen MR) is 74.6 cm³/mol. The lowest BCUT2D eigenvalue weighted by atomic mass is 10.2. The van der Waals surface area contributed by atoms with Crippen LogP contribution in [0.1, 0.15) is 17.5 Å². The summed E-state index contributed by atoms with van der Waals surface area (Å²) in [7, 11) is 0. The Balaban J connectivity index is 1.86. The summed E-state index contributed by atoms with van der Waals surface area (Å²) in [6.07, 6.45) is 0.813. The Morgan fingerprint density at radius 1 is 1.37 bits per heavy atom. The van der Waals surface area contributed by atoms with E-state index < -0.39 is 0 Å². The van der Waals surface area contributed by atoms with Gasteiger partial charge in [0.1, 0.15) is 10.8 Å². The van der Waals surface area contributed by atoms with Crippen LogP contribution in [0.4, 0.5) is 5.13 Å². The van der Waals surface area contributed by atoms with Crippen LogP contribution in [0.3, 0.4) is 0 Å². The number of hydrogen-bond acceptors (Lipinski definition) is 5. The number of nitrogens with zero attached hydrogens (tertiary/aromatic N) is 2. The fraction of sp³-hybridized carbons (Fsp3) is 0.308. The maximum absolute atomic E-state index is 11.7. The molecule has 100 valence electrons. The Hall–Kier alpha value is -1.95. The Labute approximate surface area is 115 Å². The zero-order valence-corrected chi connectivity index (χ0v) is 11.7. The number of ether oxygens (including phenoxy) is 1. The fourth-order valence-corrected chi connectivity index (χ4v) is 2.16. The smallest absolute Gasteiger partial charge is 0.264 e. The normalized spacial score (nSPS) is 10.2. The highest BCUT2D eigenvalue weighted by atomic mass is 32.1. The summed E-state index contributed by atoms with van der Waals surface area (Å²) in [5.74, 6) is 0.478. The summed E-state index contributed by atoms with van der Waals surface area (Å²) < 4.78 is 5.45. The molecule has 0 aliphatic heterocycles. The zero-order chi connectivity index (χ0) is 13.7. The van der Waals surface area contributed by atoms with Gasteiger partial charge in [-0.15, -0.1) is 10.2 Å². The van der Waals surface area contributed by atoms with Gasteiger partial charge in [-0.2, -0.15) is 0 Å². The molecule has 0 saturated heterocycles. The molecule has 2 rings (SSSR count). The number of benzene rings is 1. The van der Waals surface area contributed by atoms with Crippen LogP contribution in [0.15, 0.2) is 24.3 Å². The molecule has 0 unspecified atom stereocenters. The monoisotopic (exact) mass is 277 g/mol. The van der Waals surface area contributed by atoms with Gasteiger partial charge in [0.05, 0.1) is 0 Å². The van der Waals surface area contributed by atoms with Gasteiger partial charge in [-0.25, -0.2) is 0 Å². The Morgan fingerprint density at radius 3 is 2.84 bits per heavy atom. The summed E-state index contributed by atoms with van der Waals surface area (Å²) >= 11 is 1.38. The van der Waals surface area contributed by atoms with Crippen molar-refractivity contribution in [1.29, 1.82) is 0 Å². The number of anilines is 1. The van der Waals surface area contributed by atoms with Gasteiger partial charge in [0.15, 0.2) is 6.61 Å². The standard InChI is InChI=1S/C13H15N3O2S/c1-3-12-15-16-13(19-12)14-11(17)8-18-10-7-5-4-6-9(10)2/h4-7H,3,8H2,1-2H3,(H,14,16,17). The van der Waals surface area contributed by atoms with Gasteiger partial charge < -0.3 is 4.74 Å². The first-order valence-corrected chi connectivity index (χ1v) is 6.81. The lowest BCUT2D eigenvalue weighted by molar-refractivity contribution is -0.118. The number of nitrogens with one attached hydrogen (secondary N) is 1. The van der Waals surface area contributed by atoms with E-state index >= 15 is 0 Å². The molecule has 0 aliphatic carbocycles. The van der Waals surface area contributed by atoms with E-state index in [1.165, 1.54) is 11.3 Å². The highest BCUT2D eigenvalue weighted by Gasteiger charge is 2.08. The third-order valence-electron chi connectivity index (χ3n) is 2.47. The van der Waals surface area contributed by atoms with Crippen LogP contribution in [-0.4, -0.2) is 22.7 Å². The lowest BCUT2D eigenvalue weighted by Crippen LogP contribution is -2.20. The van der Waals surface area contributed by atoms with E-state index in [1.807, 2.05) is 38.1 Å². The number of carbonyl (C=O) groups is 1. The number of rotatable bonds is 5. The lowest BCUT2D eigenvalue weighted by Gasteiger charge is -2.07.